The molecule has 0 aliphatic rings. The third kappa shape index (κ3) is 11.4. The van der Waals surface area contributed by atoms with Gasteiger partial charge in [-0.15, -0.1) is 0 Å². The predicted octanol–water partition coefficient (Wildman–Crippen LogP) is 3.14. The number of rotatable bonds is 14. The van der Waals surface area contributed by atoms with Gasteiger partial charge < -0.3 is 9.47 Å². The van der Waals surface area contributed by atoms with Crippen LogP contribution in [-0.2, 0) is 9.47 Å². The van der Waals surface area contributed by atoms with E-state index in [0.29, 0.717) is 20.3 Å². The molecule has 0 atom stereocenters. The molecular weight excluding hydrogens is 240 g/mol. The van der Waals surface area contributed by atoms with Crippen molar-refractivity contribution in [2.75, 3.05) is 46.4 Å². The Hall–Kier alpha value is -0.160. The zero-order chi connectivity index (χ0) is 14.3. The van der Waals surface area contributed by atoms with E-state index in [2.05, 4.69) is 37.5 Å². The molecule has 0 amide bonds. The van der Waals surface area contributed by atoms with Gasteiger partial charge in [0.15, 0.2) is 0 Å². The van der Waals surface area contributed by atoms with E-state index >= 15 is 0 Å². The van der Waals surface area contributed by atoms with Crippen molar-refractivity contribution < 1.29 is 9.47 Å². The lowest BCUT2D eigenvalue weighted by atomic mass is 10.4. The smallest absolute Gasteiger partial charge is 0.150 e. The van der Waals surface area contributed by atoms with E-state index in [1.807, 2.05) is 0 Å². The van der Waals surface area contributed by atoms with Crippen LogP contribution < -0.4 is 0 Å². The highest BCUT2D eigenvalue weighted by Crippen LogP contribution is 1.97. The topological polar surface area (TPSA) is 24.9 Å². The fourth-order valence-corrected chi connectivity index (χ4v) is 2.14. The average Bonchev–Trinajstić information content (AvgIpc) is 2.39. The van der Waals surface area contributed by atoms with Crippen molar-refractivity contribution in [2.45, 2.75) is 53.4 Å². The van der Waals surface area contributed by atoms with Crippen LogP contribution in [0.5, 0.6) is 0 Å². The van der Waals surface area contributed by atoms with Crippen molar-refractivity contribution >= 4 is 0 Å². The van der Waals surface area contributed by atoms with E-state index in [4.69, 9.17) is 9.47 Å². The summed E-state index contributed by atoms with van der Waals surface area (Å²) in [4.78, 5) is 4.67. The molecule has 4 heteroatoms. The summed E-state index contributed by atoms with van der Waals surface area (Å²) in [7, 11) is 0. The Labute approximate surface area is 120 Å². The molecular formula is C15H34N2O2. The van der Waals surface area contributed by atoms with Gasteiger partial charge in [0.05, 0.1) is 0 Å². The Morgan fingerprint density at radius 2 is 0.895 bits per heavy atom. The Morgan fingerprint density at radius 1 is 0.579 bits per heavy atom. The zero-order valence-electron chi connectivity index (χ0n) is 13.5. The van der Waals surface area contributed by atoms with Crippen molar-refractivity contribution in [3.8, 4) is 0 Å². The highest BCUT2D eigenvalue weighted by molar-refractivity contribution is 4.50. The highest BCUT2D eigenvalue weighted by atomic mass is 16.7. The van der Waals surface area contributed by atoms with Gasteiger partial charge >= 0.3 is 0 Å². The molecule has 0 spiro atoms. The lowest BCUT2D eigenvalue weighted by molar-refractivity contribution is -0.115. The third-order valence-electron chi connectivity index (χ3n) is 2.87. The second-order valence-corrected chi connectivity index (χ2v) is 5.02. The maximum absolute atomic E-state index is 5.58. The normalized spacial score (nSPS) is 11.7. The molecule has 0 fully saturated rings. The quantitative estimate of drug-likeness (QED) is 0.359. The molecule has 0 aromatic rings. The first kappa shape index (κ1) is 18.8. The first-order chi connectivity index (χ1) is 9.28. The Balaban J connectivity index is 3.59. The first-order valence-corrected chi connectivity index (χ1v) is 7.88. The standard InChI is InChI=1S/C15H34N2O2/c1-5-9-16(10-6-2)13-18-15-19-14-17(11-7-3)12-8-4/h5-15H2,1-4H3. The zero-order valence-corrected chi connectivity index (χ0v) is 13.5. The molecule has 0 radical (unpaired) electrons. The fourth-order valence-electron chi connectivity index (χ4n) is 2.14. The average molecular weight is 274 g/mol. The van der Waals surface area contributed by atoms with Crippen molar-refractivity contribution in [1.29, 1.82) is 0 Å². The SMILES string of the molecule is CCCN(CCC)COCOCN(CCC)CCC. The molecule has 116 valence electrons. The minimum Gasteiger partial charge on any atom is -0.340 e. The van der Waals surface area contributed by atoms with E-state index in [1.54, 1.807) is 0 Å². The van der Waals surface area contributed by atoms with Gasteiger partial charge in [-0.1, -0.05) is 27.7 Å². The van der Waals surface area contributed by atoms with Gasteiger partial charge in [-0.3, -0.25) is 9.80 Å². The van der Waals surface area contributed by atoms with E-state index in [0.717, 1.165) is 26.2 Å². The minimum atomic E-state index is 0.397. The molecule has 0 rings (SSSR count). The fraction of sp³-hybridized carbons (Fsp3) is 1.00. The van der Waals surface area contributed by atoms with Gasteiger partial charge in [-0.2, -0.15) is 0 Å². The summed E-state index contributed by atoms with van der Waals surface area (Å²) in [6.45, 7) is 15.0. The molecule has 0 unspecified atom stereocenters. The summed E-state index contributed by atoms with van der Waals surface area (Å²) in [6, 6.07) is 0. The monoisotopic (exact) mass is 274 g/mol. The summed E-state index contributed by atoms with van der Waals surface area (Å²) < 4.78 is 11.2. The summed E-state index contributed by atoms with van der Waals surface area (Å²) in [6.07, 6.45) is 4.69. The van der Waals surface area contributed by atoms with E-state index < -0.39 is 0 Å². The molecule has 0 saturated heterocycles. The van der Waals surface area contributed by atoms with Gasteiger partial charge in [-0.25, -0.2) is 0 Å². The molecule has 0 aliphatic heterocycles. The van der Waals surface area contributed by atoms with Crippen LogP contribution in [0.4, 0.5) is 0 Å². The Kier molecular flexibility index (Phi) is 14.1. The molecule has 0 aliphatic carbocycles. The number of nitrogens with zero attached hydrogens (tertiary/aromatic N) is 2. The number of hydrogen-bond donors (Lipinski definition) is 0. The van der Waals surface area contributed by atoms with Crippen molar-refractivity contribution in [1.82, 2.24) is 9.80 Å². The summed E-state index contributed by atoms with van der Waals surface area (Å²) in [5.41, 5.74) is 0. The lowest BCUT2D eigenvalue weighted by Gasteiger charge is -2.23. The van der Waals surface area contributed by atoms with Crippen LogP contribution in [0.25, 0.3) is 0 Å². The number of ether oxygens (including phenoxy) is 2. The molecule has 4 nitrogen and oxygen atoms in total. The lowest BCUT2D eigenvalue weighted by Crippen LogP contribution is -2.31. The third-order valence-corrected chi connectivity index (χ3v) is 2.87. The second kappa shape index (κ2) is 14.3. The summed E-state index contributed by atoms with van der Waals surface area (Å²) in [5, 5.41) is 0. The van der Waals surface area contributed by atoms with Gasteiger partial charge in [0.1, 0.15) is 20.3 Å². The molecule has 0 N–H and O–H groups in total. The van der Waals surface area contributed by atoms with Crippen LogP contribution in [0, 0.1) is 0 Å². The molecule has 0 aromatic carbocycles. The van der Waals surface area contributed by atoms with Crippen LogP contribution in [0.1, 0.15) is 53.4 Å². The minimum absolute atomic E-state index is 0.397. The van der Waals surface area contributed by atoms with Gasteiger partial charge in [0, 0.05) is 26.2 Å². The Morgan fingerprint density at radius 3 is 1.16 bits per heavy atom. The van der Waals surface area contributed by atoms with Gasteiger partial charge in [0.25, 0.3) is 0 Å². The molecule has 0 bridgehead atoms. The molecule has 19 heavy (non-hydrogen) atoms. The van der Waals surface area contributed by atoms with Crippen molar-refractivity contribution in [2.24, 2.45) is 0 Å². The maximum Gasteiger partial charge on any atom is 0.150 e. The maximum atomic E-state index is 5.58. The van der Waals surface area contributed by atoms with Gasteiger partial charge in [0.2, 0.25) is 0 Å². The highest BCUT2D eigenvalue weighted by Gasteiger charge is 2.04. The van der Waals surface area contributed by atoms with Crippen molar-refractivity contribution in [3.05, 3.63) is 0 Å². The number of hydrogen-bond acceptors (Lipinski definition) is 4. The van der Waals surface area contributed by atoms with Crippen LogP contribution in [0.15, 0.2) is 0 Å². The van der Waals surface area contributed by atoms with Crippen LogP contribution in [-0.4, -0.2) is 56.2 Å². The molecule has 0 saturated carbocycles. The summed E-state index contributed by atoms with van der Waals surface area (Å²) >= 11 is 0. The predicted molar refractivity (Wildman–Crippen MR) is 81.1 cm³/mol. The van der Waals surface area contributed by atoms with Crippen LogP contribution in [0.2, 0.25) is 0 Å². The van der Waals surface area contributed by atoms with Gasteiger partial charge in [-0.05, 0) is 25.7 Å². The van der Waals surface area contributed by atoms with Crippen molar-refractivity contribution in [3.63, 3.8) is 0 Å². The molecule has 0 aromatic heterocycles. The molecule has 0 heterocycles. The van der Waals surface area contributed by atoms with Crippen LogP contribution in [0.3, 0.4) is 0 Å². The second-order valence-electron chi connectivity index (χ2n) is 5.02. The Bertz CT molecular complexity index is 150. The first-order valence-electron chi connectivity index (χ1n) is 7.88. The van der Waals surface area contributed by atoms with E-state index in [1.165, 1.54) is 25.7 Å². The van der Waals surface area contributed by atoms with E-state index in [-0.39, 0.29) is 0 Å². The van der Waals surface area contributed by atoms with Crippen LogP contribution >= 0.6 is 0 Å². The largest absolute Gasteiger partial charge is 0.340 e. The summed E-state index contributed by atoms with van der Waals surface area (Å²) in [5.74, 6) is 0. The van der Waals surface area contributed by atoms with E-state index in [9.17, 15) is 0 Å².